The molecule has 0 aliphatic heterocycles. The van der Waals surface area contributed by atoms with Gasteiger partial charge in [-0.2, -0.15) is 14.9 Å². The molecule has 1 aliphatic rings. The van der Waals surface area contributed by atoms with Gasteiger partial charge >= 0.3 is 0 Å². The number of H-pyrrole nitrogens is 1. The molecule has 0 aromatic carbocycles. The number of aromatic amines is 1. The fourth-order valence-corrected chi connectivity index (χ4v) is 1.78. The van der Waals surface area contributed by atoms with Gasteiger partial charge in [-0.15, -0.1) is 0 Å². The molecule has 0 spiro atoms. The van der Waals surface area contributed by atoms with Gasteiger partial charge in [0.2, 0.25) is 4.77 Å². The largest absolute Gasteiger partial charge is 0.264 e. The van der Waals surface area contributed by atoms with Crippen LogP contribution in [0.15, 0.2) is 29.6 Å². The van der Waals surface area contributed by atoms with Crippen molar-refractivity contribution in [2.75, 3.05) is 0 Å². The molecular weight excluding hydrogens is 234 g/mol. The lowest BCUT2D eigenvalue weighted by Crippen LogP contribution is -1.97. The fourth-order valence-electron chi connectivity index (χ4n) is 1.60. The molecule has 1 saturated carbocycles. The minimum absolute atomic E-state index is 0.508. The highest BCUT2D eigenvalue weighted by Crippen LogP contribution is 2.38. The van der Waals surface area contributed by atoms with E-state index < -0.39 is 0 Å². The lowest BCUT2D eigenvalue weighted by molar-refractivity contribution is 0.773. The molecule has 0 radical (unpaired) electrons. The number of aromatic nitrogens is 4. The molecule has 2 aromatic heterocycles. The molecule has 2 aromatic rings. The molecule has 5 nitrogen and oxygen atoms in total. The Morgan fingerprint density at radius 2 is 2.41 bits per heavy atom. The van der Waals surface area contributed by atoms with Crippen LogP contribution in [-0.2, 0) is 0 Å². The Morgan fingerprint density at radius 3 is 3.12 bits per heavy atom. The lowest BCUT2D eigenvalue weighted by Gasteiger charge is -1.97. The monoisotopic (exact) mass is 245 g/mol. The van der Waals surface area contributed by atoms with E-state index in [1.165, 1.54) is 12.8 Å². The summed E-state index contributed by atoms with van der Waals surface area (Å²) in [4.78, 5) is 4.03. The standard InChI is InChI=1S/C11H11N5S/c17-11-15-14-10(9-3-4-9)16(11)13-7-8-2-1-5-12-6-8/h1-2,5-7,9H,3-4H2,(H,15,17)/b13-7-. The minimum atomic E-state index is 0.508. The van der Waals surface area contributed by atoms with Crippen LogP contribution in [0, 0.1) is 4.77 Å². The molecule has 0 saturated heterocycles. The van der Waals surface area contributed by atoms with Crippen LogP contribution < -0.4 is 0 Å². The van der Waals surface area contributed by atoms with Gasteiger partial charge in [0.25, 0.3) is 0 Å². The zero-order valence-electron chi connectivity index (χ0n) is 9.08. The molecule has 3 rings (SSSR count). The summed E-state index contributed by atoms with van der Waals surface area (Å²) in [5, 5.41) is 11.3. The van der Waals surface area contributed by atoms with Gasteiger partial charge in [0, 0.05) is 23.9 Å². The highest BCUT2D eigenvalue weighted by Gasteiger charge is 2.29. The van der Waals surface area contributed by atoms with Gasteiger partial charge in [-0.1, -0.05) is 6.07 Å². The third kappa shape index (κ3) is 2.16. The van der Waals surface area contributed by atoms with E-state index in [2.05, 4.69) is 20.3 Å². The summed E-state index contributed by atoms with van der Waals surface area (Å²) < 4.78 is 2.23. The molecule has 1 fully saturated rings. The van der Waals surface area contributed by atoms with Crippen LogP contribution in [0.2, 0.25) is 0 Å². The summed E-state index contributed by atoms with van der Waals surface area (Å²) in [7, 11) is 0. The van der Waals surface area contributed by atoms with Crippen molar-refractivity contribution in [3.05, 3.63) is 40.7 Å². The fraction of sp³-hybridized carbons (Fsp3) is 0.273. The van der Waals surface area contributed by atoms with E-state index >= 15 is 0 Å². The van der Waals surface area contributed by atoms with Crippen molar-refractivity contribution in [2.45, 2.75) is 18.8 Å². The Morgan fingerprint density at radius 1 is 1.53 bits per heavy atom. The van der Waals surface area contributed by atoms with Gasteiger partial charge in [-0.3, -0.25) is 10.1 Å². The predicted octanol–water partition coefficient (Wildman–Crippen LogP) is 2.10. The van der Waals surface area contributed by atoms with Crippen molar-refractivity contribution in [1.82, 2.24) is 19.9 Å². The second-order valence-corrected chi connectivity index (χ2v) is 4.39. The number of pyridine rings is 1. The third-order valence-electron chi connectivity index (χ3n) is 2.62. The Labute approximate surface area is 103 Å². The summed E-state index contributed by atoms with van der Waals surface area (Å²) in [6.07, 6.45) is 7.56. The van der Waals surface area contributed by atoms with Gasteiger partial charge in [0.1, 0.15) is 0 Å². The summed E-state index contributed by atoms with van der Waals surface area (Å²) in [5.41, 5.74) is 0.942. The molecule has 1 aliphatic carbocycles. The van der Waals surface area contributed by atoms with Crippen LogP contribution >= 0.6 is 12.2 Å². The molecule has 0 bridgehead atoms. The maximum Gasteiger partial charge on any atom is 0.216 e. The Hall–Kier alpha value is -1.82. The van der Waals surface area contributed by atoms with Gasteiger partial charge in [-0.25, -0.2) is 0 Å². The molecule has 86 valence electrons. The van der Waals surface area contributed by atoms with Crippen molar-refractivity contribution in [3.8, 4) is 0 Å². The van der Waals surface area contributed by atoms with Crippen molar-refractivity contribution in [3.63, 3.8) is 0 Å². The van der Waals surface area contributed by atoms with E-state index in [1.54, 1.807) is 23.3 Å². The summed E-state index contributed by atoms with van der Waals surface area (Å²) in [6, 6.07) is 3.81. The van der Waals surface area contributed by atoms with E-state index in [4.69, 9.17) is 12.2 Å². The van der Waals surface area contributed by atoms with Gasteiger partial charge < -0.3 is 0 Å². The van der Waals surface area contributed by atoms with Crippen molar-refractivity contribution < 1.29 is 0 Å². The number of hydrogen-bond donors (Lipinski definition) is 1. The average Bonchev–Trinajstić information content (AvgIpc) is 3.13. The molecule has 17 heavy (non-hydrogen) atoms. The summed E-state index contributed by atoms with van der Waals surface area (Å²) in [6.45, 7) is 0. The van der Waals surface area contributed by atoms with Crippen LogP contribution in [-0.4, -0.2) is 26.1 Å². The number of rotatable bonds is 3. The first-order valence-electron chi connectivity index (χ1n) is 5.46. The molecular formula is C11H11N5S. The predicted molar refractivity (Wildman–Crippen MR) is 66.6 cm³/mol. The van der Waals surface area contributed by atoms with Gasteiger partial charge in [0.15, 0.2) is 5.82 Å². The summed E-state index contributed by atoms with van der Waals surface area (Å²) in [5.74, 6) is 1.43. The van der Waals surface area contributed by atoms with Gasteiger partial charge in [-0.05, 0) is 31.1 Å². The first kappa shape index (κ1) is 10.3. The van der Waals surface area contributed by atoms with Gasteiger partial charge in [0.05, 0.1) is 6.21 Å². The molecule has 0 unspecified atom stereocenters. The van der Waals surface area contributed by atoms with E-state index in [0.29, 0.717) is 10.7 Å². The van der Waals surface area contributed by atoms with Crippen LogP contribution in [0.1, 0.15) is 30.1 Å². The second kappa shape index (κ2) is 4.21. The SMILES string of the molecule is S=c1[nH]nc(C2CC2)n1/N=C\c1cccnc1. The maximum absolute atomic E-state index is 5.15. The quantitative estimate of drug-likeness (QED) is 0.665. The highest BCUT2D eigenvalue weighted by molar-refractivity contribution is 7.71. The minimum Gasteiger partial charge on any atom is -0.264 e. The molecule has 0 amide bonds. The van der Waals surface area contributed by atoms with Crippen LogP contribution in [0.3, 0.4) is 0 Å². The topological polar surface area (TPSA) is 58.9 Å². The van der Waals surface area contributed by atoms with E-state index in [0.717, 1.165) is 11.4 Å². The van der Waals surface area contributed by atoms with Crippen LogP contribution in [0.25, 0.3) is 0 Å². The molecule has 1 N–H and O–H groups in total. The van der Waals surface area contributed by atoms with Crippen molar-refractivity contribution in [2.24, 2.45) is 5.10 Å². The Bertz CT molecular complexity index is 594. The van der Waals surface area contributed by atoms with E-state index in [1.807, 2.05) is 12.1 Å². The van der Waals surface area contributed by atoms with Crippen molar-refractivity contribution >= 4 is 18.4 Å². The average molecular weight is 245 g/mol. The first-order valence-corrected chi connectivity index (χ1v) is 5.87. The van der Waals surface area contributed by atoms with Crippen molar-refractivity contribution in [1.29, 1.82) is 0 Å². The zero-order chi connectivity index (χ0) is 11.7. The number of hydrogen-bond acceptors (Lipinski definition) is 4. The Balaban J connectivity index is 1.92. The third-order valence-corrected chi connectivity index (χ3v) is 2.89. The van der Waals surface area contributed by atoms with Crippen LogP contribution in [0.4, 0.5) is 0 Å². The van der Waals surface area contributed by atoms with Crippen LogP contribution in [0.5, 0.6) is 0 Å². The Kier molecular flexibility index (Phi) is 2.56. The summed E-state index contributed by atoms with van der Waals surface area (Å²) >= 11 is 5.15. The van der Waals surface area contributed by atoms with E-state index in [-0.39, 0.29) is 0 Å². The smallest absolute Gasteiger partial charge is 0.216 e. The lowest BCUT2D eigenvalue weighted by atomic mass is 10.3. The van der Waals surface area contributed by atoms with E-state index in [9.17, 15) is 0 Å². The zero-order valence-corrected chi connectivity index (χ0v) is 9.89. The molecule has 2 heterocycles. The normalized spacial score (nSPS) is 15.5. The molecule has 0 atom stereocenters. The number of nitrogens with zero attached hydrogens (tertiary/aromatic N) is 4. The number of nitrogens with one attached hydrogen (secondary N) is 1. The second-order valence-electron chi connectivity index (χ2n) is 4.00. The molecule has 6 heteroatoms. The highest BCUT2D eigenvalue weighted by atomic mass is 32.1. The first-order chi connectivity index (χ1) is 8.34. The maximum atomic E-state index is 5.15.